The summed E-state index contributed by atoms with van der Waals surface area (Å²) in [6, 6.07) is 15.2. The maximum absolute atomic E-state index is 12.6. The van der Waals surface area contributed by atoms with Crippen LogP contribution in [-0.2, 0) is 4.79 Å². The number of urea groups is 1. The predicted octanol–water partition coefficient (Wildman–Crippen LogP) is 2.70. The van der Waals surface area contributed by atoms with Crippen LogP contribution < -0.4 is 15.4 Å². The number of hydrogen-bond acceptors (Lipinski definition) is 6. The lowest BCUT2D eigenvalue weighted by Gasteiger charge is -2.19. The van der Waals surface area contributed by atoms with Gasteiger partial charge in [-0.05, 0) is 31.2 Å². The number of aromatic nitrogens is 2. The van der Waals surface area contributed by atoms with Gasteiger partial charge in [0.15, 0.2) is 0 Å². The zero-order valence-corrected chi connectivity index (χ0v) is 14.6. The van der Waals surface area contributed by atoms with E-state index >= 15 is 0 Å². The monoisotopic (exact) mass is 366 g/mol. The van der Waals surface area contributed by atoms with Crippen LogP contribution >= 0.6 is 0 Å². The fourth-order valence-corrected chi connectivity index (χ4v) is 2.39. The maximum atomic E-state index is 12.6. The summed E-state index contributed by atoms with van der Waals surface area (Å²) in [6.45, 7) is 2.17. The van der Waals surface area contributed by atoms with Crippen LogP contribution in [0.5, 0.6) is 5.75 Å². The summed E-state index contributed by atoms with van der Waals surface area (Å²) < 4.78 is 11.0. The molecule has 1 atom stereocenters. The first-order valence-electron chi connectivity index (χ1n) is 8.34. The molecule has 1 aromatic heterocycles. The molecule has 27 heavy (non-hydrogen) atoms. The highest BCUT2D eigenvalue weighted by Gasteiger charge is 2.24. The summed E-state index contributed by atoms with van der Waals surface area (Å²) in [5, 5.41) is 12.3. The molecular weight excluding hydrogens is 348 g/mol. The first-order valence-corrected chi connectivity index (χ1v) is 8.34. The molecule has 3 aromatic rings. The van der Waals surface area contributed by atoms with E-state index in [1.165, 1.54) is 6.39 Å². The van der Waals surface area contributed by atoms with Crippen LogP contribution in [0.3, 0.4) is 0 Å². The van der Waals surface area contributed by atoms with Crippen LogP contribution in [0.25, 0.3) is 11.5 Å². The predicted molar refractivity (Wildman–Crippen MR) is 96.8 cm³/mol. The Hall–Kier alpha value is -3.68. The summed E-state index contributed by atoms with van der Waals surface area (Å²) in [6.07, 6.45) is 0.264. The fraction of sp³-hybridized carbons (Fsp3) is 0.158. The summed E-state index contributed by atoms with van der Waals surface area (Å²) in [5.41, 5.74) is 1.35. The number of nitrogens with zero attached hydrogens (tertiary/aromatic N) is 2. The van der Waals surface area contributed by atoms with Crippen LogP contribution in [0.1, 0.15) is 18.6 Å². The summed E-state index contributed by atoms with van der Waals surface area (Å²) >= 11 is 0. The lowest BCUT2D eigenvalue weighted by atomic mass is 10.1. The molecule has 2 N–H and O–H groups in total. The highest BCUT2D eigenvalue weighted by molar-refractivity contribution is 5.97. The van der Waals surface area contributed by atoms with E-state index in [4.69, 9.17) is 9.15 Å². The topological polar surface area (TPSA) is 106 Å². The maximum Gasteiger partial charge on any atom is 0.321 e. The summed E-state index contributed by atoms with van der Waals surface area (Å²) in [7, 11) is 0. The first kappa shape index (κ1) is 18.1. The van der Waals surface area contributed by atoms with Crippen LogP contribution in [0, 0.1) is 0 Å². The summed E-state index contributed by atoms with van der Waals surface area (Å²) in [4.78, 5) is 24.3. The molecule has 0 aliphatic rings. The van der Waals surface area contributed by atoms with Crippen molar-refractivity contribution in [3.63, 3.8) is 0 Å². The van der Waals surface area contributed by atoms with Gasteiger partial charge in [0.05, 0.1) is 0 Å². The number of benzene rings is 2. The standard InChI is InChI=1S/C19H18N4O4/c1-2-20-19(25)22-17(24)16(13-6-4-3-5-7-13)27-15-10-8-14(9-11-15)18-23-21-12-26-18/h3-12,16H,2H2,1H3,(H2,20,22,24,25)/t16-/m0/s1. The van der Waals surface area contributed by atoms with E-state index in [2.05, 4.69) is 20.8 Å². The Morgan fingerprint density at radius 1 is 1.11 bits per heavy atom. The van der Waals surface area contributed by atoms with Crippen molar-refractivity contribution in [1.29, 1.82) is 0 Å². The lowest BCUT2D eigenvalue weighted by molar-refractivity contribution is -0.127. The van der Waals surface area contributed by atoms with Gasteiger partial charge in [-0.15, -0.1) is 10.2 Å². The Morgan fingerprint density at radius 3 is 2.48 bits per heavy atom. The van der Waals surface area contributed by atoms with Crippen molar-refractivity contribution in [2.45, 2.75) is 13.0 Å². The second kappa shape index (κ2) is 8.61. The van der Waals surface area contributed by atoms with E-state index in [1.807, 2.05) is 6.07 Å². The van der Waals surface area contributed by atoms with E-state index in [0.29, 0.717) is 23.7 Å². The van der Waals surface area contributed by atoms with Crippen molar-refractivity contribution in [2.24, 2.45) is 0 Å². The Labute approximate surface area is 155 Å². The second-order valence-electron chi connectivity index (χ2n) is 5.53. The fourth-order valence-electron chi connectivity index (χ4n) is 2.39. The smallest absolute Gasteiger partial charge is 0.321 e. The molecule has 3 rings (SSSR count). The average Bonchev–Trinajstić information content (AvgIpc) is 3.22. The molecule has 0 saturated carbocycles. The van der Waals surface area contributed by atoms with E-state index in [-0.39, 0.29) is 0 Å². The van der Waals surface area contributed by atoms with E-state index in [0.717, 1.165) is 5.56 Å². The van der Waals surface area contributed by atoms with Gasteiger partial charge in [0.25, 0.3) is 5.91 Å². The summed E-state index contributed by atoms with van der Waals surface area (Å²) in [5.74, 6) is 0.279. The van der Waals surface area contributed by atoms with E-state index in [1.54, 1.807) is 55.5 Å². The minimum absolute atomic E-state index is 0.384. The van der Waals surface area contributed by atoms with Crippen molar-refractivity contribution in [2.75, 3.05) is 6.54 Å². The Balaban J connectivity index is 1.79. The SMILES string of the molecule is CCNC(=O)NC(=O)[C@@H](Oc1ccc(-c2nnco2)cc1)c1ccccc1. The van der Waals surface area contributed by atoms with Crippen LogP contribution in [-0.4, -0.2) is 28.7 Å². The van der Waals surface area contributed by atoms with Crippen LogP contribution in [0.2, 0.25) is 0 Å². The number of rotatable bonds is 6. The molecule has 0 aliphatic carbocycles. The second-order valence-corrected chi connectivity index (χ2v) is 5.53. The minimum atomic E-state index is -0.983. The van der Waals surface area contributed by atoms with Gasteiger partial charge in [-0.1, -0.05) is 30.3 Å². The van der Waals surface area contributed by atoms with Gasteiger partial charge in [0.1, 0.15) is 5.75 Å². The molecule has 0 unspecified atom stereocenters. The molecule has 3 amide bonds. The van der Waals surface area contributed by atoms with Gasteiger partial charge in [-0.3, -0.25) is 10.1 Å². The van der Waals surface area contributed by atoms with Crippen molar-refractivity contribution >= 4 is 11.9 Å². The third-order valence-electron chi connectivity index (χ3n) is 3.63. The Kier molecular flexibility index (Phi) is 5.78. The Bertz CT molecular complexity index is 880. The molecule has 2 aromatic carbocycles. The molecule has 138 valence electrons. The third-order valence-corrected chi connectivity index (χ3v) is 3.63. The first-order chi connectivity index (χ1) is 13.2. The largest absolute Gasteiger partial charge is 0.476 e. The zero-order chi connectivity index (χ0) is 19.1. The third kappa shape index (κ3) is 4.69. The van der Waals surface area contributed by atoms with Crippen LogP contribution in [0.15, 0.2) is 65.4 Å². The van der Waals surface area contributed by atoms with Crippen molar-refractivity contribution < 1.29 is 18.7 Å². The number of imide groups is 1. The number of nitrogens with one attached hydrogen (secondary N) is 2. The number of ether oxygens (including phenoxy) is 1. The molecule has 8 nitrogen and oxygen atoms in total. The molecule has 8 heteroatoms. The number of amides is 3. The normalized spacial score (nSPS) is 11.4. The van der Waals surface area contributed by atoms with Crippen molar-refractivity contribution in [1.82, 2.24) is 20.8 Å². The lowest BCUT2D eigenvalue weighted by Crippen LogP contribution is -2.42. The van der Waals surface area contributed by atoms with Gasteiger partial charge >= 0.3 is 6.03 Å². The molecule has 0 fully saturated rings. The van der Waals surface area contributed by atoms with Gasteiger partial charge in [0, 0.05) is 17.7 Å². The van der Waals surface area contributed by atoms with Crippen molar-refractivity contribution in [3.8, 4) is 17.2 Å². The zero-order valence-electron chi connectivity index (χ0n) is 14.6. The van der Waals surface area contributed by atoms with Crippen LogP contribution in [0.4, 0.5) is 4.79 Å². The Morgan fingerprint density at radius 2 is 1.85 bits per heavy atom. The molecule has 0 saturated heterocycles. The molecule has 1 heterocycles. The van der Waals surface area contributed by atoms with E-state index < -0.39 is 18.0 Å². The van der Waals surface area contributed by atoms with Gasteiger partial charge in [0.2, 0.25) is 18.4 Å². The number of hydrogen-bond donors (Lipinski definition) is 2. The molecular formula is C19H18N4O4. The highest BCUT2D eigenvalue weighted by atomic mass is 16.5. The van der Waals surface area contributed by atoms with Crippen molar-refractivity contribution in [3.05, 3.63) is 66.6 Å². The minimum Gasteiger partial charge on any atom is -0.476 e. The molecule has 0 bridgehead atoms. The average molecular weight is 366 g/mol. The van der Waals surface area contributed by atoms with E-state index in [9.17, 15) is 9.59 Å². The quantitative estimate of drug-likeness (QED) is 0.695. The number of carbonyl (C=O) groups is 2. The highest BCUT2D eigenvalue weighted by Crippen LogP contribution is 2.25. The van der Waals surface area contributed by atoms with Gasteiger partial charge in [-0.25, -0.2) is 4.79 Å². The van der Waals surface area contributed by atoms with Gasteiger partial charge < -0.3 is 14.5 Å². The molecule has 0 spiro atoms. The molecule has 0 aliphatic heterocycles. The number of carbonyl (C=O) groups excluding carboxylic acids is 2. The molecule has 0 radical (unpaired) electrons. The van der Waals surface area contributed by atoms with Gasteiger partial charge in [-0.2, -0.15) is 0 Å².